The van der Waals surface area contributed by atoms with Crippen LogP contribution in [0.1, 0.15) is 87.6 Å². The predicted octanol–water partition coefficient (Wildman–Crippen LogP) is 4.99. The molecule has 0 radical (unpaired) electrons. The van der Waals surface area contributed by atoms with Gasteiger partial charge in [-0.05, 0) is 63.9 Å². The smallest absolute Gasteiger partial charge is 0.263 e. The highest BCUT2D eigenvalue weighted by molar-refractivity contribution is 8.00. The van der Waals surface area contributed by atoms with Crippen LogP contribution in [0.25, 0.3) is 10.2 Å². The lowest BCUT2D eigenvalue weighted by atomic mass is 9.97. The molecule has 1 amide bonds. The van der Waals surface area contributed by atoms with E-state index in [-0.39, 0.29) is 22.8 Å². The van der Waals surface area contributed by atoms with Crippen LogP contribution in [0.5, 0.6) is 0 Å². The zero-order valence-electron chi connectivity index (χ0n) is 17.7. The van der Waals surface area contributed by atoms with Gasteiger partial charge in [0, 0.05) is 17.0 Å². The molecule has 5 rings (SSSR count). The Morgan fingerprint density at radius 3 is 2.57 bits per heavy atom. The van der Waals surface area contributed by atoms with E-state index in [0.717, 1.165) is 60.3 Å². The normalized spacial score (nSPS) is 21.2. The lowest BCUT2D eigenvalue weighted by Gasteiger charge is -2.21. The van der Waals surface area contributed by atoms with Crippen LogP contribution in [0.3, 0.4) is 0 Å². The zero-order chi connectivity index (χ0) is 20.7. The van der Waals surface area contributed by atoms with Crippen LogP contribution in [-0.2, 0) is 17.6 Å². The number of thiophene rings is 1. The van der Waals surface area contributed by atoms with Crippen molar-refractivity contribution in [2.45, 2.75) is 106 Å². The first kappa shape index (κ1) is 20.6. The first-order valence-electron chi connectivity index (χ1n) is 11.7. The van der Waals surface area contributed by atoms with E-state index in [0.29, 0.717) is 6.04 Å². The molecule has 162 valence electrons. The van der Waals surface area contributed by atoms with Gasteiger partial charge in [0.15, 0.2) is 5.16 Å². The van der Waals surface area contributed by atoms with Gasteiger partial charge in [-0.2, -0.15) is 0 Å². The highest BCUT2D eigenvalue weighted by atomic mass is 32.2. The average molecular weight is 446 g/mol. The molecule has 0 aromatic carbocycles. The maximum atomic E-state index is 13.7. The van der Waals surface area contributed by atoms with Crippen LogP contribution in [0, 0.1) is 0 Å². The van der Waals surface area contributed by atoms with E-state index in [1.165, 1.54) is 54.3 Å². The first-order valence-corrected chi connectivity index (χ1v) is 13.3. The van der Waals surface area contributed by atoms with Crippen molar-refractivity contribution < 1.29 is 4.79 Å². The van der Waals surface area contributed by atoms with Crippen LogP contribution in [0.4, 0.5) is 0 Å². The Bertz CT molecular complexity index is 1000. The van der Waals surface area contributed by atoms with Gasteiger partial charge < -0.3 is 5.32 Å². The summed E-state index contributed by atoms with van der Waals surface area (Å²) in [6, 6.07) is 0.540. The summed E-state index contributed by atoms with van der Waals surface area (Å²) in [5.74, 6) is 0.0738. The molecule has 0 aliphatic heterocycles. The number of rotatable bonds is 5. The second-order valence-corrected chi connectivity index (χ2v) is 11.5. The van der Waals surface area contributed by atoms with Crippen LogP contribution >= 0.6 is 23.1 Å². The number of aromatic nitrogens is 2. The summed E-state index contributed by atoms with van der Waals surface area (Å²) in [4.78, 5) is 33.8. The molecule has 2 fully saturated rings. The van der Waals surface area contributed by atoms with E-state index < -0.39 is 0 Å². The topological polar surface area (TPSA) is 64.0 Å². The molecule has 2 saturated carbocycles. The third-order valence-electron chi connectivity index (χ3n) is 7.03. The standard InChI is InChI=1S/C23H31N3O2S2/c1-14(20(27)24-15-8-2-3-9-15)29-23-25-21-19(17-12-6-7-13-18(17)30-21)22(28)26(23)16-10-4-5-11-16/h14-16H,2-13H2,1H3,(H,24,27)/t14-/m0/s1. The van der Waals surface area contributed by atoms with Gasteiger partial charge in [0.2, 0.25) is 5.91 Å². The predicted molar refractivity (Wildman–Crippen MR) is 124 cm³/mol. The Labute approximate surface area is 186 Å². The van der Waals surface area contributed by atoms with Crippen LogP contribution in [0.2, 0.25) is 0 Å². The lowest BCUT2D eigenvalue weighted by molar-refractivity contribution is -0.120. The number of nitrogens with one attached hydrogen (secondary N) is 1. The fourth-order valence-electron chi connectivity index (χ4n) is 5.37. The zero-order valence-corrected chi connectivity index (χ0v) is 19.4. The first-order chi connectivity index (χ1) is 14.6. The summed E-state index contributed by atoms with van der Waals surface area (Å²) in [5, 5.41) is 4.57. The number of nitrogens with zero attached hydrogens (tertiary/aromatic N) is 2. The number of thioether (sulfide) groups is 1. The molecule has 0 unspecified atom stereocenters. The summed E-state index contributed by atoms with van der Waals surface area (Å²) >= 11 is 3.17. The van der Waals surface area contributed by atoms with Gasteiger partial charge in [0.25, 0.3) is 5.56 Å². The average Bonchev–Trinajstić information content (AvgIpc) is 3.48. The fourth-order valence-corrected chi connectivity index (χ4v) is 7.66. The third kappa shape index (κ3) is 3.83. The third-order valence-corrected chi connectivity index (χ3v) is 9.28. The summed E-state index contributed by atoms with van der Waals surface area (Å²) < 4.78 is 1.96. The summed E-state index contributed by atoms with van der Waals surface area (Å²) in [6.45, 7) is 1.95. The monoisotopic (exact) mass is 445 g/mol. The molecule has 5 nitrogen and oxygen atoms in total. The minimum absolute atomic E-state index is 0.0738. The molecular formula is C23H31N3O2S2. The Hall–Kier alpha value is -1.34. The summed E-state index contributed by atoms with van der Waals surface area (Å²) in [7, 11) is 0. The maximum Gasteiger partial charge on any atom is 0.263 e. The molecule has 30 heavy (non-hydrogen) atoms. The molecule has 2 aromatic heterocycles. The Morgan fingerprint density at radius 2 is 1.80 bits per heavy atom. The second kappa shape index (κ2) is 8.65. The molecular weight excluding hydrogens is 414 g/mol. The van der Waals surface area contributed by atoms with E-state index in [1.807, 2.05) is 11.5 Å². The highest BCUT2D eigenvalue weighted by Gasteiger charge is 2.29. The second-order valence-electron chi connectivity index (χ2n) is 9.15. The molecule has 0 bridgehead atoms. The van der Waals surface area contributed by atoms with Gasteiger partial charge in [-0.25, -0.2) is 4.98 Å². The SMILES string of the molecule is C[C@H](Sc1nc2sc3c(c2c(=O)n1C1CCCC1)CCCC3)C(=O)NC1CCCC1. The van der Waals surface area contributed by atoms with Crippen molar-refractivity contribution in [3.63, 3.8) is 0 Å². The number of fused-ring (bicyclic) bond motifs is 3. The number of aryl methyl sites for hydroxylation is 2. The van der Waals surface area contributed by atoms with Crippen molar-refractivity contribution in [1.82, 2.24) is 14.9 Å². The van der Waals surface area contributed by atoms with Crippen molar-refractivity contribution in [3.8, 4) is 0 Å². The summed E-state index contributed by atoms with van der Waals surface area (Å²) in [6.07, 6.45) is 13.4. The number of hydrogen-bond acceptors (Lipinski definition) is 5. The van der Waals surface area contributed by atoms with E-state index in [4.69, 9.17) is 4.98 Å². The summed E-state index contributed by atoms with van der Waals surface area (Å²) in [5.41, 5.74) is 1.39. The van der Waals surface area contributed by atoms with Crippen LogP contribution in [-0.4, -0.2) is 26.8 Å². The van der Waals surface area contributed by atoms with E-state index in [2.05, 4.69) is 5.32 Å². The van der Waals surface area contributed by atoms with Crippen molar-refractivity contribution >= 4 is 39.2 Å². The van der Waals surface area contributed by atoms with Gasteiger partial charge in [0.05, 0.1) is 10.6 Å². The van der Waals surface area contributed by atoms with E-state index in [9.17, 15) is 9.59 Å². The van der Waals surface area contributed by atoms with Gasteiger partial charge in [-0.3, -0.25) is 14.2 Å². The Balaban J connectivity index is 1.50. The van der Waals surface area contributed by atoms with Crippen molar-refractivity contribution in [1.29, 1.82) is 0 Å². The number of carbonyl (C=O) groups is 1. The van der Waals surface area contributed by atoms with E-state index in [1.54, 1.807) is 11.3 Å². The van der Waals surface area contributed by atoms with Gasteiger partial charge >= 0.3 is 0 Å². The number of hydrogen-bond donors (Lipinski definition) is 1. The quantitative estimate of drug-likeness (QED) is 0.520. The molecule has 1 atom stereocenters. The fraction of sp³-hybridized carbons (Fsp3) is 0.696. The van der Waals surface area contributed by atoms with Crippen molar-refractivity contribution in [2.75, 3.05) is 0 Å². The van der Waals surface area contributed by atoms with Crippen LogP contribution < -0.4 is 10.9 Å². The molecule has 3 aliphatic rings. The molecule has 0 spiro atoms. The molecule has 7 heteroatoms. The Kier molecular flexibility index (Phi) is 5.93. The molecule has 2 aromatic rings. The van der Waals surface area contributed by atoms with Crippen molar-refractivity contribution in [2.24, 2.45) is 0 Å². The molecule has 1 N–H and O–H groups in total. The minimum atomic E-state index is -0.253. The lowest BCUT2D eigenvalue weighted by Crippen LogP contribution is -2.38. The van der Waals surface area contributed by atoms with E-state index >= 15 is 0 Å². The number of amides is 1. The number of carbonyl (C=O) groups excluding carboxylic acids is 1. The maximum absolute atomic E-state index is 13.7. The Morgan fingerprint density at radius 1 is 1.10 bits per heavy atom. The van der Waals surface area contributed by atoms with Gasteiger partial charge in [-0.15, -0.1) is 11.3 Å². The largest absolute Gasteiger partial charge is 0.352 e. The van der Waals surface area contributed by atoms with Crippen LogP contribution in [0.15, 0.2) is 9.95 Å². The van der Waals surface area contributed by atoms with Gasteiger partial charge in [-0.1, -0.05) is 37.4 Å². The highest BCUT2D eigenvalue weighted by Crippen LogP contribution is 2.38. The molecule has 3 aliphatic carbocycles. The minimum Gasteiger partial charge on any atom is -0.352 e. The molecule has 0 saturated heterocycles. The van der Waals surface area contributed by atoms with Crippen molar-refractivity contribution in [3.05, 3.63) is 20.8 Å². The molecule has 2 heterocycles. The van der Waals surface area contributed by atoms with Gasteiger partial charge in [0.1, 0.15) is 4.83 Å².